The van der Waals surface area contributed by atoms with E-state index >= 15 is 0 Å². The van der Waals surface area contributed by atoms with Crippen LogP contribution in [0.4, 0.5) is 0 Å². The van der Waals surface area contributed by atoms with E-state index in [-0.39, 0.29) is 0 Å². The second kappa shape index (κ2) is 8.02. The van der Waals surface area contributed by atoms with Gasteiger partial charge in [0.25, 0.3) is 0 Å². The smallest absolute Gasteiger partial charge is 0.0516 e. The number of hydrogen-bond donors (Lipinski definition) is 1. The average molecular weight is 159 g/mol. The molecule has 1 aliphatic rings. The van der Waals surface area contributed by atoms with E-state index in [4.69, 9.17) is 4.74 Å². The molecule has 0 aliphatic carbocycles. The number of hydrogen-bond acceptors (Lipinski definition) is 2. The maximum Gasteiger partial charge on any atom is 0.0516 e. The zero-order valence-electron chi connectivity index (χ0n) is 8.02. The highest BCUT2D eigenvalue weighted by Gasteiger charge is 2.16. The Labute approximate surface area is 70.3 Å². The molecule has 0 aromatic heterocycles. The van der Waals surface area contributed by atoms with Gasteiger partial charge in [0.15, 0.2) is 0 Å². The van der Waals surface area contributed by atoms with Crippen molar-refractivity contribution < 1.29 is 4.74 Å². The first-order valence-corrected chi connectivity index (χ1v) is 4.72. The van der Waals surface area contributed by atoms with Crippen LogP contribution in [0, 0.1) is 5.92 Å². The summed E-state index contributed by atoms with van der Waals surface area (Å²) in [5, 5.41) is 3.29. The van der Waals surface area contributed by atoms with Gasteiger partial charge in [0.2, 0.25) is 0 Å². The zero-order chi connectivity index (χ0) is 8.53. The molecule has 1 aliphatic heterocycles. The van der Waals surface area contributed by atoms with Crippen molar-refractivity contribution in [1.29, 1.82) is 0 Å². The molecule has 0 saturated carbocycles. The Bertz CT molecular complexity index is 72.0. The second-order valence-corrected chi connectivity index (χ2v) is 2.55. The van der Waals surface area contributed by atoms with Crippen molar-refractivity contribution in [2.45, 2.75) is 27.2 Å². The van der Waals surface area contributed by atoms with E-state index in [1.54, 1.807) is 0 Å². The summed E-state index contributed by atoms with van der Waals surface area (Å²) in [6.07, 6.45) is 1.29. The molecule has 1 saturated heterocycles. The molecule has 1 heterocycles. The van der Waals surface area contributed by atoms with Gasteiger partial charge in [-0.15, -0.1) is 0 Å². The van der Waals surface area contributed by atoms with Crippen LogP contribution < -0.4 is 5.32 Å². The van der Waals surface area contributed by atoms with Crippen LogP contribution in [0.2, 0.25) is 0 Å². The van der Waals surface area contributed by atoms with Crippen molar-refractivity contribution in [1.82, 2.24) is 5.32 Å². The highest BCUT2D eigenvalue weighted by Crippen LogP contribution is 2.12. The third-order valence-electron chi connectivity index (χ3n) is 1.69. The second-order valence-electron chi connectivity index (χ2n) is 2.55. The largest absolute Gasteiger partial charge is 0.381 e. The van der Waals surface area contributed by atoms with Gasteiger partial charge in [0.1, 0.15) is 0 Å². The summed E-state index contributed by atoms with van der Waals surface area (Å²) in [5.41, 5.74) is 0. The molecule has 1 fully saturated rings. The van der Waals surface area contributed by atoms with E-state index in [0.29, 0.717) is 0 Å². The molecule has 0 aromatic rings. The Morgan fingerprint density at radius 1 is 1.36 bits per heavy atom. The van der Waals surface area contributed by atoms with Gasteiger partial charge in [-0.05, 0) is 19.5 Å². The maximum atomic E-state index is 5.04. The van der Waals surface area contributed by atoms with Gasteiger partial charge in [0, 0.05) is 5.92 Å². The highest BCUT2D eigenvalue weighted by atomic mass is 16.5. The van der Waals surface area contributed by atoms with Crippen molar-refractivity contribution in [3.63, 3.8) is 0 Å². The van der Waals surface area contributed by atoms with E-state index in [0.717, 1.165) is 32.2 Å². The van der Waals surface area contributed by atoms with Gasteiger partial charge in [-0.3, -0.25) is 0 Å². The summed E-state index contributed by atoms with van der Waals surface area (Å²) in [5.74, 6) is 0.851. The number of ether oxygens (including phenoxy) is 1. The van der Waals surface area contributed by atoms with Crippen LogP contribution in [0.5, 0.6) is 0 Å². The van der Waals surface area contributed by atoms with Gasteiger partial charge in [0.05, 0.1) is 13.2 Å². The van der Waals surface area contributed by atoms with E-state index in [1.165, 1.54) is 6.42 Å². The lowest BCUT2D eigenvalue weighted by molar-refractivity contribution is -0.0350. The van der Waals surface area contributed by atoms with Crippen LogP contribution in [-0.2, 0) is 4.74 Å². The maximum absolute atomic E-state index is 5.04. The van der Waals surface area contributed by atoms with Crippen LogP contribution >= 0.6 is 0 Å². The summed E-state index contributed by atoms with van der Waals surface area (Å²) in [6, 6.07) is 0. The lowest BCUT2D eigenvalue weighted by atomic mass is 10.0. The summed E-state index contributed by atoms with van der Waals surface area (Å²) in [6.45, 7) is 10.4. The first kappa shape index (κ1) is 10.9. The highest BCUT2D eigenvalue weighted by molar-refractivity contribution is 4.65. The molecule has 0 bridgehead atoms. The minimum atomic E-state index is 0.851. The number of nitrogens with one attached hydrogen (secondary N) is 1. The molecule has 2 nitrogen and oxygen atoms in total. The fraction of sp³-hybridized carbons (Fsp3) is 1.00. The van der Waals surface area contributed by atoms with Crippen LogP contribution in [0.1, 0.15) is 27.2 Å². The predicted octanol–water partition coefficient (Wildman–Crippen LogP) is 1.66. The van der Waals surface area contributed by atoms with E-state index in [2.05, 4.69) is 12.2 Å². The minimum absolute atomic E-state index is 0.851. The lowest BCUT2D eigenvalue weighted by Gasteiger charge is -2.25. The van der Waals surface area contributed by atoms with Gasteiger partial charge in [-0.1, -0.05) is 20.8 Å². The van der Waals surface area contributed by atoms with Gasteiger partial charge < -0.3 is 10.1 Å². The SMILES string of the molecule is CC.CCNCCC1COC1. The van der Waals surface area contributed by atoms with Crippen LogP contribution in [0.25, 0.3) is 0 Å². The van der Waals surface area contributed by atoms with Gasteiger partial charge in [-0.25, -0.2) is 0 Å². The molecule has 1 N–H and O–H groups in total. The quantitative estimate of drug-likeness (QED) is 0.630. The third kappa shape index (κ3) is 5.22. The molecular weight excluding hydrogens is 138 g/mol. The Kier molecular flexibility index (Phi) is 7.96. The van der Waals surface area contributed by atoms with Crippen LogP contribution in [0.3, 0.4) is 0 Å². The van der Waals surface area contributed by atoms with Crippen molar-refractivity contribution in [2.24, 2.45) is 5.92 Å². The Hall–Kier alpha value is -0.0800. The Morgan fingerprint density at radius 2 is 2.00 bits per heavy atom. The Balaban J connectivity index is 0.000000461. The predicted molar refractivity (Wildman–Crippen MR) is 48.8 cm³/mol. The fourth-order valence-electron chi connectivity index (χ4n) is 0.934. The summed E-state index contributed by atoms with van der Waals surface area (Å²) < 4.78 is 5.04. The molecule has 2 heteroatoms. The minimum Gasteiger partial charge on any atom is -0.381 e. The topological polar surface area (TPSA) is 21.3 Å². The fourth-order valence-corrected chi connectivity index (χ4v) is 0.934. The van der Waals surface area contributed by atoms with Crippen molar-refractivity contribution in [3.8, 4) is 0 Å². The average Bonchev–Trinajstić information content (AvgIpc) is 1.99. The number of rotatable bonds is 4. The lowest BCUT2D eigenvalue weighted by Crippen LogP contribution is -2.30. The van der Waals surface area contributed by atoms with Crippen molar-refractivity contribution in [2.75, 3.05) is 26.3 Å². The normalized spacial score (nSPS) is 16.6. The van der Waals surface area contributed by atoms with E-state index in [1.807, 2.05) is 13.8 Å². The monoisotopic (exact) mass is 159 g/mol. The molecule has 11 heavy (non-hydrogen) atoms. The third-order valence-corrected chi connectivity index (χ3v) is 1.69. The molecule has 0 aromatic carbocycles. The molecular formula is C9H21NO. The summed E-state index contributed by atoms with van der Waals surface area (Å²) in [4.78, 5) is 0. The molecule has 0 spiro atoms. The molecule has 0 radical (unpaired) electrons. The van der Waals surface area contributed by atoms with Crippen LogP contribution in [0.15, 0.2) is 0 Å². The summed E-state index contributed by atoms with van der Waals surface area (Å²) in [7, 11) is 0. The molecule has 0 unspecified atom stereocenters. The van der Waals surface area contributed by atoms with Gasteiger partial charge in [-0.2, -0.15) is 0 Å². The van der Waals surface area contributed by atoms with Crippen molar-refractivity contribution in [3.05, 3.63) is 0 Å². The first-order valence-electron chi connectivity index (χ1n) is 4.72. The molecule has 0 atom stereocenters. The summed E-state index contributed by atoms with van der Waals surface area (Å²) >= 11 is 0. The standard InChI is InChI=1S/C7H15NO.C2H6/c1-2-8-4-3-7-5-9-6-7;1-2/h7-8H,2-6H2,1H3;1-2H3. The van der Waals surface area contributed by atoms with Gasteiger partial charge >= 0.3 is 0 Å². The Morgan fingerprint density at radius 3 is 2.36 bits per heavy atom. The first-order chi connectivity index (χ1) is 5.43. The molecule has 68 valence electrons. The molecule has 0 amide bonds. The zero-order valence-corrected chi connectivity index (χ0v) is 8.02. The van der Waals surface area contributed by atoms with Crippen LogP contribution in [-0.4, -0.2) is 26.3 Å². The van der Waals surface area contributed by atoms with Crippen molar-refractivity contribution >= 4 is 0 Å². The van der Waals surface area contributed by atoms with E-state index < -0.39 is 0 Å². The van der Waals surface area contributed by atoms with E-state index in [9.17, 15) is 0 Å². The molecule has 1 rings (SSSR count).